The molecule has 4 N–H and O–H groups in total. The lowest BCUT2D eigenvalue weighted by Gasteiger charge is -2.29. The molecule has 0 aliphatic heterocycles. The quantitative estimate of drug-likeness (QED) is 0.382. The molecule has 0 unspecified atom stereocenters. The van der Waals surface area contributed by atoms with Crippen LogP contribution in [0.4, 0.5) is 0 Å². The Hall–Kier alpha value is -0.690. The van der Waals surface area contributed by atoms with E-state index in [0.29, 0.717) is 0 Å². The number of carbonyl (C=O) groups excluding carboxylic acids is 1. The first-order valence-electron chi connectivity index (χ1n) is 4.29. The van der Waals surface area contributed by atoms with Gasteiger partial charge in [-0.1, -0.05) is 0 Å². The number of hydrogen-bond donors (Lipinski definition) is 4. The van der Waals surface area contributed by atoms with Crippen molar-refractivity contribution in [2.24, 2.45) is 0 Å². The highest BCUT2D eigenvalue weighted by atomic mass is 16.3. The molecule has 0 aromatic carbocycles. The lowest BCUT2D eigenvalue weighted by atomic mass is 10.0. The zero-order chi connectivity index (χ0) is 11.2. The lowest BCUT2D eigenvalue weighted by molar-refractivity contribution is -0.128. The lowest BCUT2D eigenvalue weighted by Crippen LogP contribution is -2.57. The summed E-state index contributed by atoms with van der Waals surface area (Å²) >= 11 is 0. The van der Waals surface area contributed by atoms with Crippen molar-refractivity contribution in [2.75, 3.05) is 40.5 Å². The maximum absolute atomic E-state index is 11.2. The van der Waals surface area contributed by atoms with Crippen LogP contribution in [0, 0.1) is 0 Å². The van der Waals surface area contributed by atoms with E-state index in [1.165, 1.54) is 4.90 Å². The number of amides is 1. The van der Waals surface area contributed by atoms with Gasteiger partial charge in [-0.25, -0.2) is 0 Å². The summed E-state index contributed by atoms with van der Waals surface area (Å²) in [6.07, 6.45) is 0. The fourth-order valence-electron chi connectivity index (χ4n) is 0.739. The average Bonchev–Trinajstić information content (AvgIpc) is 2.20. The van der Waals surface area contributed by atoms with E-state index in [1.54, 1.807) is 14.1 Å². The van der Waals surface area contributed by atoms with Crippen molar-refractivity contribution >= 4 is 5.91 Å². The first-order valence-corrected chi connectivity index (χ1v) is 4.29. The normalized spacial score (nSPS) is 11.5. The fourth-order valence-corrected chi connectivity index (χ4v) is 0.739. The van der Waals surface area contributed by atoms with Gasteiger partial charge in [0.2, 0.25) is 5.91 Å². The number of aliphatic hydroxyl groups excluding tert-OH is 3. The van der Waals surface area contributed by atoms with Crippen molar-refractivity contribution in [3.05, 3.63) is 0 Å². The highest BCUT2D eigenvalue weighted by Gasteiger charge is 2.28. The summed E-state index contributed by atoms with van der Waals surface area (Å²) in [5.41, 5.74) is -1.19. The van der Waals surface area contributed by atoms with Gasteiger partial charge in [-0.2, -0.15) is 0 Å². The van der Waals surface area contributed by atoms with Gasteiger partial charge in [0.1, 0.15) is 0 Å². The average molecular weight is 206 g/mol. The Kier molecular flexibility index (Phi) is 5.63. The minimum absolute atomic E-state index is 0.0331. The Morgan fingerprint density at radius 1 is 1.21 bits per heavy atom. The molecular formula is C8H18N2O4. The van der Waals surface area contributed by atoms with Crippen molar-refractivity contribution in [3.63, 3.8) is 0 Å². The van der Waals surface area contributed by atoms with Gasteiger partial charge in [0.25, 0.3) is 0 Å². The number of rotatable bonds is 6. The molecule has 0 heterocycles. The summed E-state index contributed by atoms with van der Waals surface area (Å²) in [6, 6.07) is 0. The van der Waals surface area contributed by atoms with Crippen LogP contribution in [0.25, 0.3) is 0 Å². The highest BCUT2D eigenvalue weighted by Crippen LogP contribution is 2.00. The van der Waals surface area contributed by atoms with Crippen LogP contribution >= 0.6 is 0 Å². The molecule has 0 atom stereocenters. The summed E-state index contributed by atoms with van der Waals surface area (Å²) in [4.78, 5) is 12.5. The number of hydrogen-bond acceptors (Lipinski definition) is 5. The second kappa shape index (κ2) is 5.92. The van der Waals surface area contributed by atoms with Crippen LogP contribution in [0.2, 0.25) is 0 Å². The molecule has 0 radical (unpaired) electrons. The van der Waals surface area contributed by atoms with Crippen molar-refractivity contribution in [1.29, 1.82) is 0 Å². The van der Waals surface area contributed by atoms with Crippen LogP contribution in [0.15, 0.2) is 0 Å². The van der Waals surface area contributed by atoms with E-state index < -0.39 is 25.4 Å². The van der Waals surface area contributed by atoms with Gasteiger partial charge in [0, 0.05) is 14.1 Å². The molecule has 0 aromatic rings. The number of aliphatic hydroxyl groups is 3. The van der Waals surface area contributed by atoms with E-state index in [1.807, 2.05) is 0 Å². The first-order chi connectivity index (χ1) is 6.51. The number of nitrogens with zero attached hydrogens (tertiary/aromatic N) is 1. The number of likely N-dealkylation sites (N-methyl/N-ethyl adjacent to an activating group) is 1. The van der Waals surface area contributed by atoms with Crippen LogP contribution in [-0.2, 0) is 4.79 Å². The smallest absolute Gasteiger partial charge is 0.236 e. The Morgan fingerprint density at radius 3 is 1.93 bits per heavy atom. The third kappa shape index (κ3) is 3.59. The molecule has 0 aromatic heterocycles. The molecular weight excluding hydrogens is 188 g/mol. The molecule has 84 valence electrons. The minimum atomic E-state index is -1.19. The monoisotopic (exact) mass is 206 g/mol. The summed E-state index contributed by atoms with van der Waals surface area (Å²) in [5.74, 6) is -0.190. The van der Waals surface area contributed by atoms with E-state index in [4.69, 9.17) is 15.3 Å². The largest absolute Gasteiger partial charge is 0.394 e. The maximum atomic E-state index is 11.2. The van der Waals surface area contributed by atoms with Crippen LogP contribution in [-0.4, -0.2) is 72.1 Å². The molecule has 14 heavy (non-hydrogen) atoms. The molecule has 0 bridgehead atoms. The summed E-state index contributed by atoms with van der Waals surface area (Å²) in [5, 5.41) is 29.4. The predicted octanol–water partition coefficient (Wildman–Crippen LogP) is -2.62. The maximum Gasteiger partial charge on any atom is 0.236 e. The predicted molar refractivity (Wildman–Crippen MR) is 50.7 cm³/mol. The second-order valence-corrected chi connectivity index (χ2v) is 3.40. The van der Waals surface area contributed by atoms with Crippen LogP contribution in [0.5, 0.6) is 0 Å². The third-order valence-corrected chi connectivity index (χ3v) is 2.02. The van der Waals surface area contributed by atoms with E-state index in [2.05, 4.69) is 5.32 Å². The van der Waals surface area contributed by atoms with Gasteiger partial charge in [0.15, 0.2) is 0 Å². The molecule has 0 fully saturated rings. The molecule has 6 nitrogen and oxygen atoms in total. The summed E-state index contributed by atoms with van der Waals surface area (Å²) < 4.78 is 0. The van der Waals surface area contributed by atoms with Crippen LogP contribution in [0.1, 0.15) is 0 Å². The second-order valence-electron chi connectivity index (χ2n) is 3.40. The summed E-state index contributed by atoms with van der Waals surface area (Å²) in [6.45, 7) is -1.32. The van der Waals surface area contributed by atoms with E-state index in [-0.39, 0.29) is 12.5 Å². The molecule has 0 spiro atoms. The van der Waals surface area contributed by atoms with Crippen molar-refractivity contribution in [3.8, 4) is 0 Å². The van der Waals surface area contributed by atoms with Crippen LogP contribution in [0.3, 0.4) is 0 Å². The molecule has 0 aliphatic rings. The van der Waals surface area contributed by atoms with Gasteiger partial charge in [-0.15, -0.1) is 0 Å². The van der Waals surface area contributed by atoms with Crippen molar-refractivity contribution < 1.29 is 20.1 Å². The van der Waals surface area contributed by atoms with E-state index in [9.17, 15) is 4.79 Å². The number of carbonyl (C=O) groups is 1. The molecule has 0 aliphatic carbocycles. The molecule has 0 saturated carbocycles. The first kappa shape index (κ1) is 13.3. The molecule has 0 rings (SSSR count). The number of nitrogens with one attached hydrogen (secondary N) is 1. The van der Waals surface area contributed by atoms with Gasteiger partial charge in [-0.05, 0) is 0 Å². The van der Waals surface area contributed by atoms with Crippen molar-refractivity contribution in [2.45, 2.75) is 5.54 Å². The van der Waals surface area contributed by atoms with E-state index >= 15 is 0 Å². The molecule has 0 saturated heterocycles. The van der Waals surface area contributed by atoms with Gasteiger partial charge < -0.3 is 20.2 Å². The summed E-state index contributed by atoms with van der Waals surface area (Å²) in [7, 11) is 3.20. The standard InChI is InChI=1S/C8H18N2O4/c1-10(2)7(14)3-9-8(4-11,5-12)6-13/h9,11-13H,3-6H2,1-2H3. The van der Waals surface area contributed by atoms with E-state index in [0.717, 1.165) is 0 Å². The Labute approximate surface area is 83.1 Å². The minimum Gasteiger partial charge on any atom is -0.394 e. The zero-order valence-corrected chi connectivity index (χ0v) is 8.53. The third-order valence-electron chi connectivity index (χ3n) is 2.02. The highest BCUT2D eigenvalue weighted by molar-refractivity contribution is 5.77. The topological polar surface area (TPSA) is 93.0 Å². The van der Waals surface area contributed by atoms with Gasteiger partial charge in [0.05, 0.1) is 31.9 Å². The van der Waals surface area contributed by atoms with Crippen LogP contribution < -0.4 is 5.32 Å². The molecule has 6 heteroatoms. The fraction of sp³-hybridized carbons (Fsp3) is 0.875. The van der Waals surface area contributed by atoms with Gasteiger partial charge in [-0.3, -0.25) is 10.1 Å². The SMILES string of the molecule is CN(C)C(=O)CNC(CO)(CO)CO. The van der Waals surface area contributed by atoms with Gasteiger partial charge >= 0.3 is 0 Å². The molecule has 1 amide bonds. The zero-order valence-electron chi connectivity index (χ0n) is 8.53. The Bertz CT molecular complexity index is 172. The van der Waals surface area contributed by atoms with Crippen molar-refractivity contribution in [1.82, 2.24) is 10.2 Å². The Balaban J connectivity index is 4.12. The Morgan fingerprint density at radius 2 is 1.64 bits per heavy atom.